The smallest absolute Gasteiger partial charge is 0.329 e. The summed E-state index contributed by atoms with van der Waals surface area (Å²) < 4.78 is 7.93. The predicted octanol–water partition coefficient (Wildman–Crippen LogP) is 8.68. The lowest BCUT2D eigenvalue weighted by Gasteiger charge is -2.39. The second-order valence-electron chi connectivity index (χ2n) is 16.1. The van der Waals surface area contributed by atoms with Crippen LogP contribution in [-0.4, -0.2) is 61.4 Å². The Balaban J connectivity index is 1.18. The molecule has 0 spiro atoms. The van der Waals surface area contributed by atoms with Gasteiger partial charge >= 0.3 is 5.97 Å². The summed E-state index contributed by atoms with van der Waals surface area (Å²) >= 11 is 0. The molecule has 2 amide bonds. The quantitative estimate of drug-likeness (QED) is 0.138. The molecule has 288 valence electrons. The van der Waals surface area contributed by atoms with Crippen molar-refractivity contribution < 1.29 is 19.1 Å². The Morgan fingerprint density at radius 1 is 0.702 bits per heavy atom. The molecule has 5 aromatic carbocycles. The number of amides is 2. The lowest BCUT2D eigenvalue weighted by Crippen LogP contribution is -2.57. The molecule has 0 unspecified atom stereocenters. The molecule has 2 atom stereocenters. The second-order valence-corrected chi connectivity index (χ2v) is 16.1. The molecule has 8 rings (SSSR count). The van der Waals surface area contributed by atoms with Gasteiger partial charge in [0.25, 0.3) is 0 Å². The van der Waals surface area contributed by atoms with Crippen LogP contribution < -0.4 is 0 Å². The molecule has 0 bridgehead atoms. The van der Waals surface area contributed by atoms with Crippen molar-refractivity contribution in [1.82, 2.24) is 19.4 Å². The van der Waals surface area contributed by atoms with Crippen LogP contribution in [-0.2, 0) is 38.6 Å². The Morgan fingerprint density at radius 2 is 1.25 bits per heavy atom. The second kappa shape index (κ2) is 16.1. The molecule has 0 N–H and O–H groups in total. The summed E-state index contributed by atoms with van der Waals surface area (Å²) in [7, 11) is 0. The van der Waals surface area contributed by atoms with E-state index in [9.17, 15) is 9.59 Å². The molecule has 1 fully saturated rings. The summed E-state index contributed by atoms with van der Waals surface area (Å²) in [6.45, 7) is 6.62. The molecule has 2 aliphatic heterocycles. The summed E-state index contributed by atoms with van der Waals surface area (Å²) in [4.78, 5) is 51.9. The highest BCUT2D eigenvalue weighted by molar-refractivity contribution is 5.95. The van der Waals surface area contributed by atoms with E-state index in [1.165, 1.54) is 0 Å². The van der Waals surface area contributed by atoms with Crippen LogP contribution in [0.3, 0.4) is 0 Å². The lowest BCUT2D eigenvalue weighted by atomic mass is 9.88. The van der Waals surface area contributed by atoms with Crippen LogP contribution in [0.5, 0.6) is 0 Å². The third-order valence-electron chi connectivity index (χ3n) is 11.0. The van der Waals surface area contributed by atoms with Crippen LogP contribution >= 0.6 is 0 Å². The van der Waals surface area contributed by atoms with Gasteiger partial charge in [0.2, 0.25) is 11.8 Å². The Labute approximate surface area is 334 Å². The minimum Gasteiger partial charge on any atom is -0.458 e. The van der Waals surface area contributed by atoms with Gasteiger partial charge < -0.3 is 19.1 Å². The average Bonchev–Trinajstić information content (AvgIpc) is 3.89. The van der Waals surface area contributed by atoms with Crippen molar-refractivity contribution in [3.63, 3.8) is 0 Å². The van der Waals surface area contributed by atoms with Gasteiger partial charge in [-0.3, -0.25) is 9.59 Å². The fraction of sp³-hybridized carbons (Fsp3) is 0.265. The highest BCUT2D eigenvalue weighted by Gasteiger charge is 2.45. The molecule has 3 heterocycles. The van der Waals surface area contributed by atoms with Crippen molar-refractivity contribution in [3.05, 3.63) is 174 Å². The van der Waals surface area contributed by atoms with Gasteiger partial charge in [0.15, 0.2) is 0 Å². The largest absolute Gasteiger partial charge is 0.458 e. The van der Waals surface area contributed by atoms with Crippen molar-refractivity contribution in [2.24, 2.45) is 0 Å². The normalized spacial score (nSPS) is 16.7. The summed E-state index contributed by atoms with van der Waals surface area (Å²) in [6, 6.07) is 45.3. The standard InChI is InChI=1S/C49H48N4O4/c1-49(2,3)57-48(56)42-25-16-26-52(42)46(54)44-30-43-41(32-53(44)47(55)45(37-21-12-6-13-22-37)38-23-14-7-15-24-38)50-33-51(43)31-34-27-39(35-17-8-4-9-18-35)29-40(28-34)36-19-10-5-11-20-36/h4-15,17-24,27-29,33,42,44-45H,16,25-26,30-32H2,1-3H3/t42-,44-/m0/s1. The van der Waals surface area contributed by atoms with Gasteiger partial charge in [-0.05, 0) is 90.8 Å². The Morgan fingerprint density at radius 3 is 1.79 bits per heavy atom. The highest BCUT2D eigenvalue weighted by atomic mass is 16.6. The van der Waals surface area contributed by atoms with Gasteiger partial charge in [-0.2, -0.15) is 0 Å². The number of aromatic nitrogens is 2. The maximum atomic E-state index is 15.1. The molecule has 0 aliphatic carbocycles. The van der Waals surface area contributed by atoms with Crippen LogP contribution in [0.2, 0.25) is 0 Å². The van der Waals surface area contributed by atoms with Crippen LogP contribution in [0.25, 0.3) is 22.3 Å². The number of nitrogens with zero attached hydrogens (tertiary/aromatic N) is 4. The van der Waals surface area contributed by atoms with Gasteiger partial charge in [-0.1, -0.05) is 121 Å². The van der Waals surface area contributed by atoms with Gasteiger partial charge in [-0.25, -0.2) is 9.78 Å². The monoisotopic (exact) mass is 756 g/mol. The number of imidazole rings is 1. The van der Waals surface area contributed by atoms with E-state index in [1.54, 1.807) is 9.80 Å². The molecule has 57 heavy (non-hydrogen) atoms. The zero-order chi connectivity index (χ0) is 39.5. The van der Waals surface area contributed by atoms with E-state index >= 15 is 4.79 Å². The zero-order valence-corrected chi connectivity index (χ0v) is 32.8. The summed E-state index contributed by atoms with van der Waals surface area (Å²) in [5.41, 5.74) is 8.23. The van der Waals surface area contributed by atoms with Crippen molar-refractivity contribution >= 4 is 17.8 Å². The first kappa shape index (κ1) is 37.6. The lowest BCUT2D eigenvalue weighted by molar-refractivity contribution is -0.164. The maximum Gasteiger partial charge on any atom is 0.329 e. The van der Waals surface area contributed by atoms with Crippen molar-refractivity contribution in [1.29, 1.82) is 0 Å². The zero-order valence-electron chi connectivity index (χ0n) is 32.8. The molecule has 2 aliphatic rings. The van der Waals surface area contributed by atoms with Crippen LogP contribution in [0.15, 0.2) is 146 Å². The average molecular weight is 757 g/mol. The summed E-state index contributed by atoms with van der Waals surface area (Å²) in [6.07, 6.45) is 3.29. The topological polar surface area (TPSA) is 84.7 Å². The van der Waals surface area contributed by atoms with Crippen LogP contribution in [0, 0.1) is 0 Å². The van der Waals surface area contributed by atoms with E-state index in [-0.39, 0.29) is 24.8 Å². The fourth-order valence-corrected chi connectivity index (χ4v) is 8.32. The summed E-state index contributed by atoms with van der Waals surface area (Å²) in [5, 5.41) is 0. The molecule has 6 aromatic rings. The number of ether oxygens (including phenoxy) is 1. The number of rotatable bonds is 9. The molecule has 1 saturated heterocycles. The SMILES string of the molecule is CC(C)(C)OC(=O)[C@@H]1CCCN1C(=O)[C@@H]1Cc2c(ncn2Cc2cc(-c3ccccc3)cc(-c3ccccc3)c2)CN1C(=O)C(c1ccccc1)c1ccccc1. The number of hydrogen-bond acceptors (Lipinski definition) is 5. The number of benzene rings is 5. The van der Waals surface area contributed by atoms with E-state index in [1.807, 2.05) is 99.9 Å². The molecule has 8 heteroatoms. The number of carbonyl (C=O) groups excluding carboxylic acids is 3. The first-order valence-electron chi connectivity index (χ1n) is 19.8. The number of fused-ring (bicyclic) bond motifs is 1. The Bertz CT molecular complexity index is 2260. The van der Waals surface area contributed by atoms with Gasteiger partial charge in [0.05, 0.1) is 24.5 Å². The molecular weight excluding hydrogens is 709 g/mol. The maximum absolute atomic E-state index is 15.1. The van der Waals surface area contributed by atoms with E-state index < -0.39 is 29.6 Å². The number of hydrogen-bond donors (Lipinski definition) is 0. The highest BCUT2D eigenvalue weighted by Crippen LogP contribution is 2.35. The minimum absolute atomic E-state index is 0.165. The van der Waals surface area contributed by atoms with E-state index in [4.69, 9.17) is 9.72 Å². The molecular formula is C49H48N4O4. The molecule has 0 radical (unpaired) electrons. The Kier molecular flexibility index (Phi) is 10.6. The first-order chi connectivity index (χ1) is 27.6. The van der Waals surface area contributed by atoms with E-state index in [0.29, 0.717) is 25.9 Å². The number of esters is 1. The predicted molar refractivity (Wildman–Crippen MR) is 222 cm³/mol. The van der Waals surface area contributed by atoms with Gasteiger partial charge in [0.1, 0.15) is 17.7 Å². The van der Waals surface area contributed by atoms with Crippen LogP contribution in [0.4, 0.5) is 0 Å². The van der Waals surface area contributed by atoms with Crippen molar-refractivity contribution in [2.45, 2.75) is 76.7 Å². The van der Waals surface area contributed by atoms with Gasteiger partial charge in [-0.15, -0.1) is 0 Å². The molecule has 8 nitrogen and oxygen atoms in total. The first-order valence-corrected chi connectivity index (χ1v) is 19.8. The van der Waals surface area contributed by atoms with E-state index in [0.717, 1.165) is 50.3 Å². The van der Waals surface area contributed by atoms with Gasteiger partial charge in [0, 0.05) is 25.2 Å². The third kappa shape index (κ3) is 8.17. The third-order valence-corrected chi connectivity index (χ3v) is 11.0. The number of likely N-dealkylation sites (tertiary alicyclic amines) is 1. The minimum atomic E-state index is -0.853. The van der Waals surface area contributed by atoms with Crippen molar-refractivity contribution in [3.8, 4) is 22.3 Å². The fourth-order valence-electron chi connectivity index (χ4n) is 8.32. The molecule has 1 aromatic heterocycles. The summed E-state index contributed by atoms with van der Waals surface area (Å²) in [5.74, 6) is -1.47. The molecule has 0 saturated carbocycles. The van der Waals surface area contributed by atoms with E-state index in [2.05, 4.69) is 71.3 Å². The van der Waals surface area contributed by atoms with Crippen LogP contribution in [0.1, 0.15) is 67.6 Å². The Hall–Kier alpha value is -6.28. The number of carbonyl (C=O) groups is 3. The van der Waals surface area contributed by atoms with Crippen molar-refractivity contribution in [2.75, 3.05) is 6.54 Å².